The lowest BCUT2D eigenvalue weighted by atomic mass is 9.99. The molecule has 0 aromatic heterocycles. The third-order valence-corrected chi connectivity index (χ3v) is 20.5. The highest BCUT2D eigenvalue weighted by atomic mass is 31.2. The minimum atomic E-state index is -4.96. The van der Waals surface area contributed by atoms with Crippen LogP contribution < -0.4 is 0 Å². The number of aliphatic hydroxyl groups is 1. The first kappa shape index (κ1) is 95.1. The Balaban J connectivity index is 5.25. The van der Waals surface area contributed by atoms with Crippen molar-refractivity contribution >= 4 is 39.5 Å². The molecule has 3 N–H and O–H groups in total. The second kappa shape index (κ2) is 69.8. The third kappa shape index (κ3) is 70.9. The Bertz CT molecular complexity index is 1870. The molecule has 0 rings (SSSR count). The highest BCUT2D eigenvalue weighted by Crippen LogP contribution is 2.45. The van der Waals surface area contributed by atoms with Gasteiger partial charge in [0.25, 0.3) is 0 Å². The minimum Gasteiger partial charge on any atom is -0.462 e. The second-order valence-electron chi connectivity index (χ2n) is 28.8. The summed E-state index contributed by atoms with van der Waals surface area (Å²) in [4.78, 5) is 72.9. The molecule has 0 bridgehead atoms. The number of unbranched alkanes of at least 4 members (excludes halogenated alkanes) is 46. The quantitative estimate of drug-likeness (QED) is 0.0222. The first-order chi connectivity index (χ1) is 46.9. The molecule has 0 saturated carbocycles. The van der Waals surface area contributed by atoms with Crippen molar-refractivity contribution in [3.05, 3.63) is 0 Å². The fourth-order valence-electron chi connectivity index (χ4n) is 12.0. The average Bonchev–Trinajstić information content (AvgIpc) is 1.17. The van der Waals surface area contributed by atoms with Crippen LogP contribution in [0.15, 0.2) is 0 Å². The van der Waals surface area contributed by atoms with E-state index in [0.717, 1.165) is 102 Å². The molecule has 0 aliphatic carbocycles. The van der Waals surface area contributed by atoms with E-state index in [-0.39, 0.29) is 25.7 Å². The molecule has 0 radical (unpaired) electrons. The van der Waals surface area contributed by atoms with Gasteiger partial charge in [-0.05, 0) is 37.5 Å². The van der Waals surface area contributed by atoms with Gasteiger partial charge in [-0.2, -0.15) is 0 Å². The summed E-state index contributed by atoms with van der Waals surface area (Å²) in [6, 6.07) is 0. The van der Waals surface area contributed by atoms with Gasteiger partial charge < -0.3 is 33.8 Å². The third-order valence-electron chi connectivity index (χ3n) is 18.6. The van der Waals surface area contributed by atoms with Crippen LogP contribution in [0.4, 0.5) is 0 Å². The number of hydrogen-bond donors (Lipinski definition) is 3. The summed E-state index contributed by atoms with van der Waals surface area (Å²) in [5.41, 5.74) is 0. The molecule has 97 heavy (non-hydrogen) atoms. The Morgan fingerprint density at radius 1 is 0.299 bits per heavy atom. The van der Waals surface area contributed by atoms with Gasteiger partial charge in [-0.1, -0.05) is 356 Å². The highest BCUT2D eigenvalue weighted by Gasteiger charge is 2.30. The van der Waals surface area contributed by atoms with Crippen LogP contribution in [-0.4, -0.2) is 96.7 Å². The van der Waals surface area contributed by atoms with Crippen molar-refractivity contribution in [2.75, 3.05) is 39.6 Å². The first-order valence-electron chi connectivity index (χ1n) is 40.5. The predicted molar refractivity (Wildman–Crippen MR) is 395 cm³/mol. The summed E-state index contributed by atoms with van der Waals surface area (Å²) in [6.07, 6.45) is 58.1. The molecule has 0 heterocycles. The number of rotatable bonds is 77. The molecule has 3 unspecified atom stereocenters. The van der Waals surface area contributed by atoms with Crippen molar-refractivity contribution in [2.45, 2.75) is 426 Å². The number of carbonyl (C=O) groups excluding carboxylic acids is 4. The van der Waals surface area contributed by atoms with Crippen molar-refractivity contribution in [3.8, 4) is 0 Å². The van der Waals surface area contributed by atoms with E-state index < -0.39 is 97.5 Å². The number of hydrogen-bond acceptors (Lipinski definition) is 15. The number of phosphoric acid groups is 2. The largest absolute Gasteiger partial charge is 0.472 e. The zero-order valence-corrected chi connectivity index (χ0v) is 65.2. The van der Waals surface area contributed by atoms with E-state index in [0.29, 0.717) is 25.7 Å². The van der Waals surface area contributed by atoms with Gasteiger partial charge in [-0.15, -0.1) is 0 Å². The van der Waals surface area contributed by atoms with Crippen molar-refractivity contribution in [3.63, 3.8) is 0 Å². The van der Waals surface area contributed by atoms with Crippen molar-refractivity contribution in [2.24, 2.45) is 11.8 Å². The van der Waals surface area contributed by atoms with Crippen LogP contribution in [-0.2, 0) is 65.4 Å². The van der Waals surface area contributed by atoms with E-state index in [1.165, 1.54) is 225 Å². The Kier molecular flexibility index (Phi) is 68.4. The summed E-state index contributed by atoms with van der Waals surface area (Å²) in [6.45, 7) is 9.63. The van der Waals surface area contributed by atoms with E-state index in [2.05, 4.69) is 41.5 Å². The molecular weight excluding hydrogens is 1270 g/mol. The monoisotopic (exact) mass is 1420 g/mol. The van der Waals surface area contributed by atoms with Gasteiger partial charge in [0.2, 0.25) is 0 Å². The molecule has 0 aliphatic rings. The maximum Gasteiger partial charge on any atom is 0.472 e. The van der Waals surface area contributed by atoms with Gasteiger partial charge in [-0.3, -0.25) is 37.3 Å². The van der Waals surface area contributed by atoms with E-state index >= 15 is 0 Å². The molecule has 0 aromatic rings. The van der Waals surface area contributed by atoms with E-state index in [1.54, 1.807) is 0 Å². The molecule has 6 atom stereocenters. The summed E-state index contributed by atoms with van der Waals surface area (Å²) < 4.78 is 68.6. The molecule has 19 heteroatoms. The van der Waals surface area contributed by atoms with Gasteiger partial charge in [0, 0.05) is 25.7 Å². The fourth-order valence-corrected chi connectivity index (χ4v) is 13.6. The highest BCUT2D eigenvalue weighted by molar-refractivity contribution is 7.47. The van der Waals surface area contributed by atoms with E-state index in [9.17, 15) is 43.2 Å². The fraction of sp³-hybridized carbons (Fsp3) is 0.949. The number of carbonyl (C=O) groups is 4. The van der Waals surface area contributed by atoms with Crippen LogP contribution in [0.1, 0.15) is 408 Å². The first-order valence-corrected chi connectivity index (χ1v) is 43.5. The molecule has 17 nitrogen and oxygen atoms in total. The van der Waals surface area contributed by atoms with Crippen LogP contribution in [0.3, 0.4) is 0 Å². The smallest absolute Gasteiger partial charge is 0.462 e. The molecule has 0 aromatic carbocycles. The zero-order chi connectivity index (χ0) is 71.4. The van der Waals surface area contributed by atoms with Crippen LogP contribution in [0.25, 0.3) is 0 Å². The molecule has 0 fully saturated rings. The lowest BCUT2D eigenvalue weighted by Crippen LogP contribution is -2.30. The molecule has 0 spiro atoms. The van der Waals surface area contributed by atoms with Crippen molar-refractivity contribution < 1.29 is 80.2 Å². The topological polar surface area (TPSA) is 237 Å². The van der Waals surface area contributed by atoms with Crippen molar-refractivity contribution in [1.82, 2.24) is 0 Å². The maximum absolute atomic E-state index is 13.1. The average molecular weight is 1420 g/mol. The summed E-state index contributed by atoms with van der Waals surface area (Å²) >= 11 is 0. The van der Waals surface area contributed by atoms with Crippen LogP contribution >= 0.6 is 15.6 Å². The van der Waals surface area contributed by atoms with Crippen LogP contribution in [0.5, 0.6) is 0 Å². The normalized spacial score (nSPS) is 14.2. The van der Waals surface area contributed by atoms with Gasteiger partial charge in [-0.25, -0.2) is 9.13 Å². The van der Waals surface area contributed by atoms with Gasteiger partial charge in [0.05, 0.1) is 26.4 Å². The molecule has 0 amide bonds. The maximum atomic E-state index is 13.1. The lowest BCUT2D eigenvalue weighted by molar-refractivity contribution is -0.161. The standard InChI is InChI=1S/C78H152O17P2/c1-7-10-12-14-16-18-20-22-23-24-25-26-27-33-37-44-50-56-62-77(82)94-73(66-88-76(81)61-55-49-43-36-32-29-28-30-34-40-46-52-58-70(4)5)68-92-96(84,85)90-64-72(79)65-91-97(86,87)93-69-74(95-78(83)63-57-51-45-39-38-41-47-53-59-71(6)9-3)67-89-75(80)60-54-48-42-35-31-21-19-17-15-13-11-8-2/h70-74,79H,7-69H2,1-6H3,(H,84,85)(H,86,87)/t71?,72-,73-,74-/m1/s1. The molecule has 576 valence electrons. The Morgan fingerprint density at radius 2 is 0.526 bits per heavy atom. The van der Waals surface area contributed by atoms with E-state index in [1.807, 2.05) is 0 Å². The summed E-state index contributed by atoms with van der Waals surface area (Å²) in [7, 11) is -9.92. The van der Waals surface area contributed by atoms with E-state index in [4.69, 9.17) is 37.0 Å². The number of aliphatic hydroxyl groups excluding tert-OH is 1. The SMILES string of the molecule is CCCCCCCCCCCCCCCCCCCCC(=O)O[C@H](COC(=O)CCCCCCCCCCCCCCC(C)C)COP(=O)(O)OC[C@@H](O)COP(=O)(O)OC[C@@H](COC(=O)CCCCCCCCCCCCCC)OC(=O)CCCCCCCCCCC(C)CC. The van der Waals surface area contributed by atoms with Gasteiger partial charge in [0.15, 0.2) is 12.2 Å². The second-order valence-corrected chi connectivity index (χ2v) is 31.7. The summed E-state index contributed by atoms with van der Waals surface area (Å²) in [5.74, 6) is -0.561. The van der Waals surface area contributed by atoms with Gasteiger partial charge in [0.1, 0.15) is 19.3 Å². The number of phosphoric ester groups is 2. The molecule has 0 aliphatic heterocycles. The zero-order valence-electron chi connectivity index (χ0n) is 63.4. The molecule has 0 saturated heterocycles. The van der Waals surface area contributed by atoms with Crippen molar-refractivity contribution in [1.29, 1.82) is 0 Å². The number of ether oxygens (including phenoxy) is 4. The Labute approximate surface area is 594 Å². The number of esters is 4. The van der Waals surface area contributed by atoms with Crippen LogP contribution in [0, 0.1) is 11.8 Å². The lowest BCUT2D eigenvalue weighted by Gasteiger charge is -2.21. The molecular formula is C78H152O17P2. The Hall–Kier alpha value is -1.94. The predicted octanol–water partition coefficient (Wildman–Crippen LogP) is 23.1. The Morgan fingerprint density at radius 3 is 0.784 bits per heavy atom. The van der Waals surface area contributed by atoms with Crippen LogP contribution in [0.2, 0.25) is 0 Å². The minimum absolute atomic E-state index is 0.106. The van der Waals surface area contributed by atoms with Gasteiger partial charge >= 0.3 is 39.5 Å². The summed E-state index contributed by atoms with van der Waals surface area (Å²) in [5, 5.41) is 10.6.